The Morgan fingerprint density at radius 2 is 2.08 bits per heavy atom. The maximum Gasteiger partial charge on any atom is 0.321 e. The number of hydrogen-bond donors (Lipinski definition) is 2. The summed E-state index contributed by atoms with van der Waals surface area (Å²) < 4.78 is 28.1. The number of likely N-dealkylation sites (tertiary alicyclic amines) is 1. The molecule has 37 heavy (non-hydrogen) atoms. The van der Waals surface area contributed by atoms with Crippen molar-refractivity contribution in [1.29, 1.82) is 0 Å². The van der Waals surface area contributed by atoms with Gasteiger partial charge in [-0.1, -0.05) is 0 Å². The molecule has 11 heteroatoms. The molecular weight excluding hydrogens is 477 g/mol. The first kappa shape index (κ1) is 25.5. The van der Waals surface area contributed by atoms with E-state index in [2.05, 4.69) is 20.2 Å². The molecule has 1 aromatic carbocycles. The van der Waals surface area contributed by atoms with Crippen molar-refractivity contribution < 1.29 is 18.7 Å². The number of nitrogens with one attached hydrogen (secondary N) is 2. The number of fused-ring (bicyclic) bond motifs is 1. The van der Waals surface area contributed by atoms with Crippen molar-refractivity contribution in [2.75, 3.05) is 52.3 Å². The number of imidazole rings is 1. The van der Waals surface area contributed by atoms with Gasteiger partial charge in [0.1, 0.15) is 6.23 Å². The van der Waals surface area contributed by atoms with Crippen LogP contribution < -0.4 is 10.1 Å². The Hall–Kier alpha value is -3.18. The van der Waals surface area contributed by atoms with Crippen LogP contribution in [0.15, 0.2) is 18.3 Å². The highest BCUT2D eigenvalue weighted by Crippen LogP contribution is 2.32. The number of carbonyl (C=O) groups is 1. The summed E-state index contributed by atoms with van der Waals surface area (Å²) in [7, 11) is 3.98. The van der Waals surface area contributed by atoms with E-state index < -0.39 is 5.82 Å². The third-order valence-corrected chi connectivity index (χ3v) is 6.83. The van der Waals surface area contributed by atoms with Gasteiger partial charge in [0.05, 0.1) is 29.5 Å². The molecule has 1 atom stereocenters. The molecule has 3 aromatic rings. The number of aromatic amines is 1. The average molecular weight is 514 g/mol. The van der Waals surface area contributed by atoms with E-state index >= 15 is 0 Å². The first-order chi connectivity index (χ1) is 18.0. The van der Waals surface area contributed by atoms with E-state index in [0.717, 1.165) is 64.6 Å². The Labute approximate surface area is 216 Å². The van der Waals surface area contributed by atoms with Crippen LogP contribution in [0.3, 0.4) is 0 Å². The smallest absolute Gasteiger partial charge is 0.321 e. The van der Waals surface area contributed by atoms with Crippen molar-refractivity contribution in [1.82, 2.24) is 29.5 Å². The Morgan fingerprint density at radius 3 is 2.84 bits per heavy atom. The molecule has 2 aliphatic rings. The lowest BCUT2D eigenvalue weighted by Gasteiger charge is -2.26. The van der Waals surface area contributed by atoms with E-state index in [4.69, 9.17) is 14.6 Å². The fraction of sp³-hybridized carbons (Fsp3) is 0.577. The number of hydrogen-bond acceptors (Lipinski definition) is 6. The lowest BCUT2D eigenvalue weighted by molar-refractivity contribution is -0.0393. The van der Waals surface area contributed by atoms with Crippen LogP contribution in [0.2, 0.25) is 0 Å². The third kappa shape index (κ3) is 6.04. The van der Waals surface area contributed by atoms with E-state index in [1.54, 1.807) is 16.9 Å². The van der Waals surface area contributed by atoms with Crippen LogP contribution in [0.1, 0.15) is 51.2 Å². The second-order valence-corrected chi connectivity index (χ2v) is 10.1. The second kappa shape index (κ2) is 11.5. The summed E-state index contributed by atoms with van der Waals surface area (Å²) in [4.78, 5) is 24.8. The minimum Gasteiger partial charge on any atom is -0.490 e. The number of anilines is 1. The summed E-state index contributed by atoms with van der Waals surface area (Å²) >= 11 is 0. The number of nitrogens with zero attached hydrogens (tertiary/aromatic N) is 5. The quantitative estimate of drug-likeness (QED) is 0.427. The second-order valence-electron chi connectivity index (χ2n) is 10.1. The van der Waals surface area contributed by atoms with Gasteiger partial charge < -0.3 is 29.6 Å². The number of amides is 2. The maximum atomic E-state index is 14.7. The molecule has 0 aliphatic carbocycles. The largest absolute Gasteiger partial charge is 0.490 e. The SMILES string of the molecule is CN(C)CCCOc1cc2nc(-c3nn(C4CCCCO4)cc3NC(=O)N3CCCCC3)[nH]c2cc1F. The minimum atomic E-state index is -0.452. The van der Waals surface area contributed by atoms with Crippen LogP contribution in [0, 0.1) is 5.82 Å². The number of rotatable bonds is 8. The van der Waals surface area contributed by atoms with Gasteiger partial charge in [-0.15, -0.1) is 0 Å². The number of ether oxygens (including phenoxy) is 2. The van der Waals surface area contributed by atoms with Gasteiger partial charge in [-0.25, -0.2) is 18.9 Å². The Morgan fingerprint density at radius 1 is 1.24 bits per heavy atom. The standard InChI is InChI=1S/C26H36FN7O3/c1-32(2)10-8-14-36-22-16-20-19(15-18(22)27)28-25(29-20)24-21(30-26(35)33-11-5-3-6-12-33)17-34(31-24)23-9-4-7-13-37-23/h15-17,23H,3-14H2,1-2H3,(H,28,29)(H,30,35). The third-order valence-electron chi connectivity index (χ3n) is 6.83. The van der Waals surface area contributed by atoms with Gasteiger partial charge in [0.15, 0.2) is 23.1 Å². The number of benzene rings is 1. The highest BCUT2D eigenvalue weighted by atomic mass is 19.1. The molecule has 2 fully saturated rings. The predicted molar refractivity (Wildman–Crippen MR) is 139 cm³/mol. The molecule has 2 aromatic heterocycles. The van der Waals surface area contributed by atoms with Crippen LogP contribution in [0.4, 0.5) is 14.9 Å². The Balaban J connectivity index is 1.42. The zero-order chi connectivity index (χ0) is 25.8. The highest BCUT2D eigenvalue weighted by Gasteiger charge is 2.25. The molecule has 2 saturated heterocycles. The highest BCUT2D eigenvalue weighted by molar-refractivity contribution is 5.93. The number of piperidine rings is 1. The van der Waals surface area contributed by atoms with E-state index in [0.29, 0.717) is 41.5 Å². The zero-order valence-corrected chi connectivity index (χ0v) is 21.6. The normalized spacial score (nSPS) is 18.5. The summed E-state index contributed by atoms with van der Waals surface area (Å²) in [5, 5.41) is 7.79. The zero-order valence-electron chi connectivity index (χ0n) is 21.6. The summed E-state index contributed by atoms with van der Waals surface area (Å²) in [5.74, 6) is 0.166. The van der Waals surface area contributed by atoms with E-state index in [1.165, 1.54) is 6.07 Å². The monoisotopic (exact) mass is 513 g/mol. The van der Waals surface area contributed by atoms with Crippen LogP contribution in [-0.4, -0.2) is 82.5 Å². The van der Waals surface area contributed by atoms with E-state index in [9.17, 15) is 9.18 Å². The van der Waals surface area contributed by atoms with E-state index in [-0.39, 0.29) is 18.0 Å². The predicted octanol–water partition coefficient (Wildman–Crippen LogP) is 4.61. The Bertz CT molecular complexity index is 1210. The lowest BCUT2D eigenvalue weighted by atomic mass is 10.1. The van der Waals surface area contributed by atoms with Crippen molar-refractivity contribution in [2.24, 2.45) is 0 Å². The molecule has 10 nitrogen and oxygen atoms in total. The Kier molecular flexibility index (Phi) is 7.90. The summed E-state index contributed by atoms with van der Waals surface area (Å²) in [6.45, 7) is 3.42. The van der Waals surface area contributed by atoms with Crippen molar-refractivity contribution in [3.05, 3.63) is 24.1 Å². The van der Waals surface area contributed by atoms with Gasteiger partial charge in [0, 0.05) is 38.4 Å². The van der Waals surface area contributed by atoms with Gasteiger partial charge in [0.25, 0.3) is 0 Å². The number of halogens is 1. The molecule has 5 rings (SSSR count). The van der Waals surface area contributed by atoms with Gasteiger partial charge >= 0.3 is 6.03 Å². The van der Waals surface area contributed by atoms with Gasteiger partial charge in [-0.2, -0.15) is 5.10 Å². The van der Waals surface area contributed by atoms with Gasteiger partial charge in [-0.05, 0) is 59.0 Å². The number of aromatic nitrogens is 4. The average Bonchev–Trinajstić information content (AvgIpc) is 3.51. The van der Waals surface area contributed by atoms with Crippen LogP contribution in [-0.2, 0) is 4.74 Å². The summed E-state index contributed by atoms with van der Waals surface area (Å²) in [6.07, 6.45) is 8.47. The topological polar surface area (TPSA) is 101 Å². The molecule has 4 heterocycles. The number of urea groups is 1. The minimum absolute atomic E-state index is 0.152. The van der Waals surface area contributed by atoms with Crippen LogP contribution in [0.25, 0.3) is 22.6 Å². The molecule has 2 amide bonds. The van der Waals surface area contributed by atoms with Gasteiger partial charge in [-0.3, -0.25) is 0 Å². The van der Waals surface area contributed by atoms with Crippen molar-refractivity contribution in [3.8, 4) is 17.3 Å². The fourth-order valence-corrected chi connectivity index (χ4v) is 4.83. The molecule has 2 N–H and O–H groups in total. The lowest BCUT2D eigenvalue weighted by Crippen LogP contribution is -2.38. The maximum absolute atomic E-state index is 14.7. The molecule has 0 saturated carbocycles. The van der Waals surface area contributed by atoms with Crippen molar-refractivity contribution in [3.63, 3.8) is 0 Å². The van der Waals surface area contributed by atoms with Crippen molar-refractivity contribution >= 4 is 22.8 Å². The molecule has 0 radical (unpaired) electrons. The molecule has 200 valence electrons. The van der Waals surface area contributed by atoms with E-state index in [1.807, 2.05) is 19.0 Å². The van der Waals surface area contributed by atoms with Gasteiger partial charge in [0.2, 0.25) is 0 Å². The first-order valence-corrected chi connectivity index (χ1v) is 13.2. The number of carbonyl (C=O) groups excluding carboxylic acids is 1. The molecule has 0 bridgehead atoms. The summed E-state index contributed by atoms with van der Waals surface area (Å²) in [6, 6.07) is 2.84. The van der Waals surface area contributed by atoms with Crippen LogP contribution >= 0.6 is 0 Å². The first-order valence-electron chi connectivity index (χ1n) is 13.2. The van der Waals surface area contributed by atoms with Crippen molar-refractivity contribution in [2.45, 2.75) is 51.2 Å². The molecule has 0 spiro atoms. The number of H-pyrrole nitrogens is 1. The van der Waals surface area contributed by atoms with Crippen LogP contribution in [0.5, 0.6) is 5.75 Å². The summed E-state index contributed by atoms with van der Waals surface area (Å²) in [5.41, 5.74) is 2.13. The molecule has 2 aliphatic heterocycles. The molecular formula is C26H36FN7O3. The molecule has 1 unspecified atom stereocenters. The fourth-order valence-electron chi connectivity index (χ4n) is 4.83.